The van der Waals surface area contributed by atoms with Gasteiger partial charge in [0.1, 0.15) is 11.5 Å². The molecule has 122 valence electrons. The Morgan fingerprint density at radius 3 is 2.35 bits per heavy atom. The van der Waals surface area contributed by atoms with Crippen molar-refractivity contribution >= 4 is 23.0 Å². The Kier molecular flexibility index (Phi) is 6.69. The van der Waals surface area contributed by atoms with E-state index in [2.05, 4.69) is 10.6 Å². The highest BCUT2D eigenvalue weighted by atomic mass is 32.1. The molecule has 2 aromatic carbocycles. The number of anilines is 1. The summed E-state index contributed by atoms with van der Waals surface area (Å²) in [6.07, 6.45) is 0. The van der Waals surface area contributed by atoms with Crippen molar-refractivity contribution in [2.24, 2.45) is 0 Å². The maximum atomic E-state index is 5.49. The van der Waals surface area contributed by atoms with E-state index in [1.54, 1.807) is 0 Å². The Morgan fingerprint density at radius 1 is 0.957 bits per heavy atom. The molecule has 2 rings (SSSR count). The van der Waals surface area contributed by atoms with E-state index in [0.29, 0.717) is 24.9 Å². The fourth-order valence-corrected chi connectivity index (χ4v) is 2.26. The van der Waals surface area contributed by atoms with E-state index in [-0.39, 0.29) is 0 Å². The Bertz CT molecular complexity index is 629. The second kappa shape index (κ2) is 9.00. The third-order valence-corrected chi connectivity index (χ3v) is 3.33. The Morgan fingerprint density at radius 2 is 1.65 bits per heavy atom. The van der Waals surface area contributed by atoms with E-state index >= 15 is 0 Å². The molecule has 0 saturated carbocycles. The number of nitrogens with one attached hydrogen (secondary N) is 2. The lowest BCUT2D eigenvalue weighted by atomic mass is 10.2. The van der Waals surface area contributed by atoms with E-state index in [0.717, 1.165) is 22.7 Å². The molecule has 0 unspecified atom stereocenters. The van der Waals surface area contributed by atoms with Gasteiger partial charge >= 0.3 is 0 Å². The lowest BCUT2D eigenvalue weighted by molar-refractivity contribution is 0.340. The van der Waals surface area contributed by atoms with Crippen LogP contribution in [0.1, 0.15) is 19.4 Å². The first kappa shape index (κ1) is 17.1. The van der Waals surface area contributed by atoms with Crippen LogP contribution in [-0.2, 0) is 6.54 Å². The quantitative estimate of drug-likeness (QED) is 0.752. The summed E-state index contributed by atoms with van der Waals surface area (Å²) in [5.74, 6) is 1.72. The van der Waals surface area contributed by atoms with Crippen LogP contribution in [0.3, 0.4) is 0 Å². The van der Waals surface area contributed by atoms with Gasteiger partial charge in [-0.3, -0.25) is 0 Å². The highest BCUT2D eigenvalue weighted by molar-refractivity contribution is 7.80. The third kappa shape index (κ3) is 5.79. The first-order valence-electron chi connectivity index (χ1n) is 7.70. The molecule has 2 aromatic rings. The molecule has 0 fully saturated rings. The van der Waals surface area contributed by atoms with Crippen molar-refractivity contribution in [1.29, 1.82) is 0 Å². The molecule has 5 heteroatoms. The normalized spacial score (nSPS) is 10.0. The summed E-state index contributed by atoms with van der Waals surface area (Å²) in [4.78, 5) is 0. The van der Waals surface area contributed by atoms with E-state index in [1.807, 2.05) is 62.4 Å². The monoisotopic (exact) mass is 330 g/mol. The van der Waals surface area contributed by atoms with Crippen molar-refractivity contribution in [3.63, 3.8) is 0 Å². The first-order valence-corrected chi connectivity index (χ1v) is 8.11. The van der Waals surface area contributed by atoms with Crippen molar-refractivity contribution in [2.45, 2.75) is 20.4 Å². The van der Waals surface area contributed by atoms with Gasteiger partial charge in [0.25, 0.3) is 0 Å². The molecule has 0 bridgehead atoms. The molecule has 0 saturated heterocycles. The van der Waals surface area contributed by atoms with Crippen LogP contribution < -0.4 is 20.1 Å². The number of thiocarbonyl (C=S) groups is 1. The average molecular weight is 330 g/mol. The molecule has 0 atom stereocenters. The summed E-state index contributed by atoms with van der Waals surface area (Å²) in [5, 5.41) is 6.92. The van der Waals surface area contributed by atoms with Gasteiger partial charge in [0.05, 0.1) is 13.2 Å². The van der Waals surface area contributed by atoms with Crippen LogP contribution >= 0.6 is 12.2 Å². The van der Waals surface area contributed by atoms with E-state index in [4.69, 9.17) is 21.7 Å². The SMILES string of the molecule is CCOc1ccc(NC(=S)NCc2cccc(OCC)c2)cc1. The molecule has 0 aromatic heterocycles. The molecule has 0 aliphatic heterocycles. The Balaban J connectivity index is 1.83. The predicted molar refractivity (Wildman–Crippen MR) is 98.3 cm³/mol. The zero-order valence-corrected chi connectivity index (χ0v) is 14.3. The first-order chi connectivity index (χ1) is 11.2. The number of hydrogen-bond donors (Lipinski definition) is 2. The minimum atomic E-state index is 0.580. The second-order valence-electron chi connectivity index (χ2n) is 4.85. The maximum absolute atomic E-state index is 5.49. The molecule has 23 heavy (non-hydrogen) atoms. The molecular weight excluding hydrogens is 308 g/mol. The van der Waals surface area contributed by atoms with Gasteiger partial charge in [0, 0.05) is 12.2 Å². The van der Waals surface area contributed by atoms with Crippen LogP contribution in [0.4, 0.5) is 5.69 Å². The number of ether oxygens (including phenoxy) is 2. The van der Waals surface area contributed by atoms with Crippen LogP contribution in [0.15, 0.2) is 48.5 Å². The van der Waals surface area contributed by atoms with Crippen molar-refractivity contribution in [1.82, 2.24) is 5.32 Å². The van der Waals surface area contributed by atoms with Crippen molar-refractivity contribution < 1.29 is 9.47 Å². The topological polar surface area (TPSA) is 42.5 Å². The summed E-state index contributed by atoms with van der Waals surface area (Å²) in [6, 6.07) is 15.7. The molecule has 4 nitrogen and oxygen atoms in total. The predicted octanol–water partition coefficient (Wildman–Crippen LogP) is 3.97. The molecule has 0 radical (unpaired) electrons. The lowest BCUT2D eigenvalue weighted by Gasteiger charge is -2.12. The molecule has 0 aliphatic rings. The van der Waals surface area contributed by atoms with Gasteiger partial charge in [0.15, 0.2) is 5.11 Å². The molecular formula is C18H22N2O2S. The summed E-state index contributed by atoms with van der Waals surface area (Å²) in [7, 11) is 0. The molecule has 0 heterocycles. The van der Waals surface area contributed by atoms with Crippen LogP contribution in [0.25, 0.3) is 0 Å². The van der Waals surface area contributed by atoms with E-state index in [9.17, 15) is 0 Å². The van der Waals surface area contributed by atoms with Gasteiger partial charge in [-0.25, -0.2) is 0 Å². The molecule has 0 aliphatic carbocycles. The van der Waals surface area contributed by atoms with Gasteiger partial charge in [0.2, 0.25) is 0 Å². The van der Waals surface area contributed by atoms with Crippen LogP contribution in [0.2, 0.25) is 0 Å². The Hall–Kier alpha value is -2.27. The van der Waals surface area contributed by atoms with E-state index < -0.39 is 0 Å². The van der Waals surface area contributed by atoms with Gasteiger partial charge in [-0.15, -0.1) is 0 Å². The minimum absolute atomic E-state index is 0.580. The summed E-state index contributed by atoms with van der Waals surface area (Å²) < 4.78 is 10.9. The zero-order chi connectivity index (χ0) is 16.5. The third-order valence-electron chi connectivity index (χ3n) is 3.09. The summed E-state index contributed by atoms with van der Waals surface area (Å²) >= 11 is 5.32. The van der Waals surface area contributed by atoms with E-state index in [1.165, 1.54) is 0 Å². The summed E-state index contributed by atoms with van der Waals surface area (Å²) in [5.41, 5.74) is 2.04. The standard InChI is InChI=1S/C18H22N2O2S/c1-3-21-16-10-8-15(9-11-16)20-18(23)19-13-14-6-5-7-17(12-14)22-4-2/h5-12H,3-4,13H2,1-2H3,(H2,19,20,23). The fourth-order valence-electron chi connectivity index (χ4n) is 2.07. The van der Waals surface area contributed by atoms with Gasteiger partial charge in [-0.2, -0.15) is 0 Å². The summed E-state index contributed by atoms with van der Waals surface area (Å²) in [6.45, 7) is 5.90. The highest BCUT2D eigenvalue weighted by Gasteiger charge is 2.00. The van der Waals surface area contributed by atoms with Crippen LogP contribution in [0, 0.1) is 0 Å². The Labute approximate surface area is 142 Å². The van der Waals surface area contributed by atoms with Crippen molar-refractivity contribution in [3.05, 3.63) is 54.1 Å². The molecule has 2 N–H and O–H groups in total. The minimum Gasteiger partial charge on any atom is -0.494 e. The number of rotatable bonds is 7. The smallest absolute Gasteiger partial charge is 0.171 e. The van der Waals surface area contributed by atoms with Crippen LogP contribution in [0.5, 0.6) is 11.5 Å². The van der Waals surface area contributed by atoms with Crippen molar-refractivity contribution in [3.8, 4) is 11.5 Å². The second-order valence-corrected chi connectivity index (χ2v) is 5.25. The van der Waals surface area contributed by atoms with Crippen molar-refractivity contribution in [2.75, 3.05) is 18.5 Å². The zero-order valence-electron chi connectivity index (χ0n) is 13.5. The fraction of sp³-hybridized carbons (Fsp3) is 0.278. The molecule has 0 amide bonds. The molecule has 0 spiro atoms. The van der Waals surface area contributed by atoms with Crippen LogP contribution in [-0.4, -0.2) is 18.3 Å². The number of benzene rings is 2. The average Bonchev–Trinajstić information content (AvgIpc) is 2.56. The number of hydrogen-bond acceptors (Lipinski definition) is 3. The lowest BCUT2D eigenvalue weighted by Crippen LogP contribution is -2.27. The largest absolute Gasteiger partial charge is 0.494 e. The maximum Gasteiger partial charge on any atom is 0.171 e. The highest BCUT2D eigenvalue weighted by Crippen LogP contribution is 2.16. The van der Waals surface area contributed by atoms with Gasteiger partial charge < -0.3 is 20.1 Å². The van der Waals surface area contributed by atoms with Gasteiger partial charge in [-0.1, -0.05) is 12.1 Å². The van der Waals surface area contributed by atoms with Gasteiger partial charge in [-0.05, 0) is 68.0 Å².